The summed E-state index contributed by atoms with van der Waals surface area (Å²) in [6, 6.07) is 10.1. The van der Waals surface area contributed by atoms with Crippen molar-refractivity contribution in [1.82, 2.24) is 10.3 Å². The number of hydrogen-bond acceptors (Lipinski definition) is 2. The number of rotatable bonds is 3. The topological polar surface area (TPSA) is 37.0 Å². The summed E-state index contributed by atoms with van der Waals surface area (Å²) in [4.78, 5) is 4.17. The highest BCUT2D eigenvalue weighted by atomic mass is 79.9. The molecule has 3 nitrogen and oxygen atoms in total. The van der Waals surface area contributed by atoms with Crippen molar-refractivity contribution in [2.75, 3.05) is 5.32 Å². The van der Waals surface area contributed by atoms with E-state index in [4.69, 9.17) is 23.8 Å². The predicted octanol–water partition coefficient (Wildman–Crippen LogP) is 4.29. The molecule has 0 aliphatic carbocycles. The van der Waals surface area contributed by atoms with Gasteiger partial charge in [-0.15, -0.1) is 0 Å². The van der Waals surface area contributed by atoms with Crippen LogP contribution in [-0.4, -0.2) is 10.1 Å². The highest BCUT2D eigenvalue weighted by Gasteiger charge is 2.04. The fourth-order valence-corrected chi connectivity index (χ4v) is 2.45. The van der Waals surface area contributed by atoms with E-state index in [2.05, 4.69) is 62.7 Å². The van der Waals surface area contributed by atoms with Gasteiger partial charge in [0, 0.05) is 12.7 Å². The number of nitrogens with zero attached hydrogens (tertiary/aromatic N) is 1. The number of aromatic nitrogens is 1. The summed E-state index contributed by atoms with van der Waals surface area (Å²) in [5.74, 6) is 0.635. The van der Waals surface area contributed by atoms with Gasteiger partial charge in [-0.3, -0.25) is 0 Å². The van der Waals surface area contributed by atoms with Crippen molar-refractivity contribution in [3.63, 3.8) is 0 Å². The van der Waals surface area contributed by atoms with Crippen LogP contribution in [0.15, 0.2) is 41.0 Å². The van der Waals surface area contributed by atoms with Gasteiger partial charge in [0.2, 0.25) is 0 Å². The third kappa shape index (κ3) is 4.44. The average molecular weight is 371 g/mol. The molecule has 0 saturated carbocycles. The molecule has 2 rings (SSSR count). The SMILES string of the molecule is Cc1ccc(CNC(=S)Nc2ncc(Cl)cc2Br)cc1. The van der Waals surface area contributed by atoms with Gasteiger partial charge in [-0.25, -0.2) is 4.98 Å². The van der Waals surface area contributed by atoms with Gasteiger partial charge in [0.05, 0.1) is 9.50 Å². The molecule has 1 aromatic heterocycles. The van der Waals surface area contributed by atoms with Crippen molar-refractivity contribution in [1.29, 1.82) is 0 Å². The van der Waals surface area contributed by atoms with Gasteiger partial charge in [0.15, 0.2) is 5.11 Å². The monoisotopic (exact) mass is 369 g/mol. The molecule has 0 aliphatic heterocycles. The van der Waals surface area contributed by atoms with Crippen molar-refractivity contribution < 1.29 is 0 Å². The molecule has 0 aliphatic rings. The zero-order valence-corrected chi connectivity index (χ0v) is 13.9. The van der Waals surface area contributed by atoms with E-state index in [9.17, 15) is 0 Å². The Labute approximate surface area is 136 Å². The van der Waals surface area contributed by atoms with Crippen LogP contribution in [0.4, 0.5) is 5.82 Å². The largest absolute Gasteiger partial charge is 0.358 e. The Kier molecular flexibility index (Phi) is 5.34. The molecule has 0 radical (unpaired) electrons. The predicted molar refractivity (Wildman–Crippen MR) is 91.2 cm³/mol. The van der Waals surface area contributed by atoms with Gasteiger partial charge in [0.25, 0.3) is 0 Å². The van der Waals surface area contributed by atoms with Crippen molar-refractivity contribution in [2.45, 2.75) is 13.5 Å². The lowest BCUT2D eigenvalue weighted by atomic mass is 10.1. The second kappa shape index (κ2) is 7.02. The van der Waals surface area contributed by atoms with E-state index in [1.165, 1.54) is 11.1 Å². The van der Waals surface area contributed by atoms with Crippen LogP contribution in [-0.2, 0) is 6.54 Å². The molecule has 0 atom stereocenters. The lowest BCUT2D eigenvalue weighted by molar-refractivity contribution is 0.924. The molecule has 0 saturated heterocycles. The number of hydrogen-bond donors (Lipinski definition) is 2. The Bertz CT molecular complexity index is 616. The standard InChI is InChI=1S/C14H13BrClN3S/c1-9-2-4-10(5-3-9)7-18-14(20)19-13-12(15)6-11(16)8-17-13/h2-6,8H,7H2,1H3,(H2,17,18,19,20). The molecule has 2 aromatic rings. The molecule has 104 valence electrons. The maximum atomic E-state index is 5.84. The van der Waals surface area contributed by atoms with Gasteiger partial charge >= 0.3 is 0 Å². The summed E-state index contributed by atoms with van der Waals surface area (Å²) in [6.07, 6.45) is 1.57. The van der Waals surface area contributed by atoms with Crippen molar-refractivity contribution in [2.24, 2.45) is 0 Å². The minimum atomic E-state index is 0.515. The summed E-state index contributed by atoms with van der Waals surface area (Å²) in [5, 5.41) is 7.24. The third-order valence-electron chi connectivity index (χ3n) is 2.61. The van der Waals surface area contributed by atoms with Crippen LogP contribution < -0.4 is 10.6 Å². The first-order valence-corrected chi connectivity index (χ1v) is 7.54. The van der Waals surface area contributed by atoms with Crippen LogP contribution in [0.2, 0.25) is 5.02 Å². The molecule has 6 heteroatoms. The Balaban J connectivity index is 1.90. The van der Waals surface area contributed by atoms with Crippen molar-refractivity contribution >= 4 is 50.7 Å². The van der Waals surface area contributed by atoms with Crippen LogP contribution in [0.25, 0.3) is 0 Å². The van der Waals surface area contributed by atoms with Crippen LogP contribution in [0.5, 0.6) is 0 Å². The fourth-order valence-electron chi connectivity index (χ4n) is 1.55. The first-order chi connectivity index (χ1) is 9.54. The highest BCUT2D eigenvalue weighted by molar-refractivity contribution is 9.10. The van der Waals surface area contributed by atoms with Gasteiger partial charge in [-0.2, -0.15) is 0 Å². The van der Waals surface area contributed by atoms with E-state index in [1.54, 1.807) is 12.3 Å². The van der Waals surface area contributed by atoms with Crippen LogP contribution in [0.1, 0.15) is 11.1 Å². The Morgan fingerprint density at radius 1 is 1.35 bits per heavy atom. The van der Waals surface area contributed by atoms with Gasteiger partial charge in [-0.1, -0.05) is 41.4 Å². The molecule has 1 heterocycles. The van der Waals surface area contributed by atoms with Crippen molar-refractivity contribution in [3.05, 3.63) is 57.2 Å². The van der Waals surface area contributed by atoms with E-state index in [-0.39, 0.29) is 0 Å². The van der Waals surface area contributed by atoms with Gasteiger partial charge < -0.3 is 10.6 Å². The second-order valence-electron chi connectivity index (χ2n) is 4.28. The normalized spacial score (nSPS) is 10.2. The van der Waals surface area contributed by atoms with E-state index < -0.39 is 0 Å². The molecular weight excluding hydrogens is 358 g/mol. The zero-order chi connectivity index (χ0) is 14.5. The van der Waals surface area contributed by atoms with Crippen molar-refractivity contribution in [3.8, 4) is 0 Å². The molecule has 2 N–H and O–H groups in total. The van der Waals surface area contributed by atoms with Crippen LogP contribution in [0, 0.1) is 6.92 Å². The fraction of sp³-hybridized carbons (Fsp3) is 0.143. The summed E-state index contributed by atoms with van der Waals surface area (Å²) in [7, 11) is 0. The number of pyridine rings is 1. The number of thiocarbonyl (C=S) groups is 1. The lowest BCUT2D eigenvalue weighted by Crippen LogP contribution is -2.28. The summed E-state index contributed by atoms with van der Waals surface area (Å²) in [5.41, 5.74) is 2.41. The molecule has 0 bridgehead atoms. The molecule has 0 fully saturated rings. The number of nitrogens with one attached hydrogen (secondary N) is 2. The van der Waals surface area contributed by atoms with E-state index in [0.717, 1.165) is 4.47 Å². The Hall–Kier alpha value is -1.17. The Morgan fingerprint density at radius 2 is 2.05 bits per heavy atom. The van der Waals surface area contributed by atoms with Gasteiger partial charge in [0.1, 0.15) is 5.82 Å². The van der Waals surface area contributed by atoms with Crippen LogP contribution in [0.3, 0.4) is 0 Å². The first kappa shape index (κ1) is 15.2. The quantitative estimate of drug-likeness (QED) is 0.790. The number of anilines is 1. The highest BCUT2D eigenvalue weighted by Crippen LogP contribution is 2.22. The molecule has 0 amide bonds. The number of halogens is 2. The molecule has 0 unspecified atom stereocenters. The smallest absolute Gasteiger partial charge is 0.172 e. The van der Waals surface area contributed by atoms with E-state index >= 15 is 0 Å². The second-order valence-corrected chi connectivity index (χ2v) is 5.98. The minimum Gasteiger partial charge on any atom is -0.358 e. The molecular formula is C14H13BrClN3S. The molecule has 20 heavy (non-hydrogen) atoms. The molecule has 0 spiro atoms. The minimum absolute atomic E-state index is 0.515. The summed E-state index contributed by atoms with van der Waals surface area (Å²) in [6.45, 7) is 2.73. The maximum Gasteiger partial charge on any atom is 0.172 e. The third-order valence-corrected chi connectivity index (χ3v) is 3.67. The van der Waals surface area contributed by atoms with Crippen LogP contribution >= 0.6 is 39.7 Å². The lowest BCUT2D eigenvalue weighted by Gasteiger charge is -2.11. The zero-order valence-electron chi connectivity index (χ0n) is 10.8. The number of aryl methyl sites for hydroxylation is 1. The first-order valence-electron chi connectivity index (χ1n) is 5.96. The Morgan fingerprint density at radius 3 is 2.70 bits per heavy atom. The van der Waals surface area contributed by atoms with Gasteiger partial charge in [-0.05, 0) is 46.7 Å². The summed E-state index contributed by atoms with van der Waals surface area (Å²) >= 11 is 14.5. The molecule has 1 aromatic carbocycles. The maximum absolute atomic E-state index is 5.84. The van der Waals surface area contributed by atoms with E-state index in [0.29, 0.717) is 22.5 Å². The summed E-state index contributed by atoms with van der Waals surface area (Å²) < 4.78 is 0.768. The average Bonchev–Trinajstić information content (AvgIpc) is 2.41. The number of benzene rings is 1. The van der Waals surface area contributed by atoms with E-state index in [1.807, 2.05) is 0 Å².